The molecule has 0 saturated carbocycles. The smallest absolute Gasteiger partial charge is 0.288 e. The van der Waals surface area contributed by atoms with Crippen molar-refractivity contribution >= 4 is 22.0 Å². The van der Waals surface area contributed by atoms with Crippen LogP contribution in [-0.4, -0.2) is 75.9 Å². The number of aliphatic hydroxyl groups is 3. The van der Waals surface area contributed by atoms with Crippen LogP contribution in [0.15, 0.2) is 6.33 Å². The molecule has 192 valence electrons. The van der Waals surface area contributed by atoms with Gasteiger partial charge in [0.1, 0.15) is 30.5 Å². The second-order valence-corrected chi connectivity index (χ2v) is 23.3. The minimum Gasteiger partial charge on any atom is -0.521 e. The molecule has 1 saturated heterocycles. The van der Waals surface area contributed by atoms with Crippen molar-refractivity contribution in [1.29, 1.82) is 0 Å². The van der Waals surface area contributed by atoms with Gasteiger partial charge in [0.15, 0.2) is 17.7 Å². The van der Waals surface area contributed by atoms with E-state index in [4.69, 9.17) is 19.9 Å². The van der Waals surface area contributed by atoms with Gasteiger partial charge in [-0.1, -0.05) is 66.5 Å². The second-order valence-electron chi connectivity index (χ2n) is 10.7. The van der Waals surface area contributed by atoms with Crippen LogP contribution in [-0.2, 0) is 4.74 Å². The van der Waals surface area contributed by atoms with Gasteiger partial charge >= 0.3 is 0 Å². The quantitative estimate of drug-likeness (QED) is 0.372. The average molecular weight is 512 g/mol. The van der Waals surface area contributed by atoms with Crippen LogP contribution in [0.2, 0.25) is 22.2 Å². The lowest BCUT2D eigenvalue weighted by molar-refractivity contribution is -0.0543. The Morgan fingerprint density at radius 2 is 1.65 bits per heavy atom. The first-order valence-electron chi connectivity index (χ1n) is 12.2. The number of aliphatic hydroxyl groups excluding tert-OH is 3. The fraction of sp³-hybridized carbons (Fsp3) is 0.773. The first-order chi connectivity index (χ1) is 15.9. The maximum Gasteiger partial charge on any atom is 0.288 e. The molecule has 0 amide bonds. The zero-order chi connectivity index (χ0) is 25.5. The van der Waals surface area contributed by atoms with Crippen LogP contribution in [0.3, 0.4) is 0 Å². The maximum absolute atomic E-state index is 10.8. The Balaban J connectivity index is 2.26. The molecule has 0 bridgehead atoms. The van der Waals surface area contributed by atoms with Crippen LogP contribution in [0, 0.1) is 0 Å². The molecule has 34 heavy (non-hydrogen) atoms. The van der Waals surface area contributed by atoms with E-state index in [-0.39, 0.29) is 11.8 Å². The van der Waals surface area contributed by atoms with Gasteiger partial charge in [-0.25, -0.2) is 9.97 Å². The van der Waals surface area contributed by atoms with Gasteiger partial charge in [-0.15, -0.1) is 0 Å². The topological polar surface area (TPSA) is 149 Å². The minimum atomic E-state index is -2.48. The fourth-order valence-corrected chi connectivity index (χ4v) is 25.2. The van der Waals surface area contributed by atoms with Crippen LogP contribution in [0.25, 0.3) is 11.5 Å². The molecular formula is C22H41N5O5Si2. The molecule has 0 spiro atoms. The SMILES string of the molecule is CC(C)[SiH](C(C)C)[Si](Oc1nc2ncnc-2c(N)n1[C@@H]1O[C@H](CO)[C@@H](O)[C@@H]1O)(C(C)C)C(C)C. The van der Waals surface area contributed by atoms with Crippen molar-refractivity contribution in [2.45, 2.75) is 102 Å². The normalized spacial score (nSPS) is 24.0. The Kier molecular flexibility index (Phi) is 8.10. The van der Waals surface area contributed by atoms with Gasteiger partial charge < -0.3 is 30.2 Å². The molecule has 3 aliphatic heterocycles. The number of nitrogens with zero attached hydrogens (tertiary/aromatic N) is 4. The molecule has 0 radical (unpaired) electrons. The van der Waals surface area contributed by atoms with Gasteiger partial charge in [-0.2, -0.15) is 4.98 Å². The molecule has 0 aliphatic carbocycles. The van der Waals surface area contributed by atoms with Gasteiger partial charge in [-0.3, -0.25) is 4.57 Å². The van der Waals surface area contributed by atoms with Crippen LogP contribution < -0.4 is 10.2 Å². The number of hydrogen-bond acceptors (Lipinski definition) is 9. The predicted octanol–water partition coefficient (Wildman–Crippen LogP) is 2.24. The summed E-state index contributed by atoms with van der Waals surface area (Å²) in [6.07, 6.45) is -3.26. The van der Waals surface area contributed by atoms with E-state index in [0.29, 0.717) is 33.7 Å². The maximum atomic E-state index is 10.8. The van der Waals surface area contributed by atoms with E-state index in [9.17, 15) is 15.3 Å². The van der Waals surface area contributed by atoms with Gasteiger partial charge in [0.2, 0.25) is 7.83 Å². The third-order valence-electron chi connectivity index (χ3n) is 7.29. The van der Waals surface area contributed by atoms with Crippen LogP contribution in [0.5, 0.6) is 6.01 Å². The lowest BCUT2D eigenvalue weighted by Gasteiger charge is -2.47. The number of rotatable bonds is 9. The Hall–Kier alpha value is -1.58. The number of anilines is 1. The van der Waals surface area contributed by atoms with E-state index < -0.39 is 47.3 Å². The average Bonchev–Trinajstić information content (AvgIpc) is 3.32. The molecule has 3 aliphatic rings. The monoisotopic (exact) mass is 511 g/mol. The van der Waals surface area contributed by atoms with E-state index >= 15 is 0 Å². The Bertz CT molecular complexity index is 925. The van der Waals surface area contributed by atoms with Crippen molar-refractivity contribution in [1.82, 2.24) is 19.5 Å². The standard InChI is InChI=1S/C22H41N5O5Si2/c1-11(2)33(12(3)4)34(13(5)6,14(7)8)32-22-26-20-16(24-10-25-20)19(23)27(22)21-18(30)17(29)15(9-28)31-21/h10-15,17-18,21,28-30,33H,9,23H2,1-8H3/t15-,17-,18+,21-/m1/s1. The van der Waals surface area contributed by atoms with Crippen molar-refractivity contribution in [3.05, 3.63) is 6.33 Å². The van der Waals surface area contributed by atoms with Crippen molar-refractivity contribution in [2.75, 3.05) is 12.3 Å². The Morgan fingerprint density at radius 1 is 1.06 bits per heavy atom. The molecule has 5 N–H and O–H groups in total. The van der Waals surface area contributed by atoms with Crippen molar-refractivity contribution in [3.8, 4) is 17.5 Å². The van der Waals surface area contributed by atoms with E-state index in [1.54, 1.807) is 0 Å². The molecule has 0 aromatic heterocycles. The summed E-state index contributed by atoms with van der Waals surface area (Å²) in [4.78, 5) is 13.2. The lowest BCUT2D eigenvalue weighted by Crippen LogP contribution is -2.63. The van der Waals surface area contributed by atoms with Gasteiger partial charge in [0, 0.05) is 0 Å². The van der Waals surface area contributed by atoms with Gasteiger partial charge in [0.25, 0.3) is 6.01 Å². The summed E-state index contributed by atoms with van der Waals surface area (Å²) >= 11 is 0. The summed E-state index contributed by atoms with van der Waals surface area (Å²) in [6, 6.07) is 0.230. The number of ether oxygens (including phenoxy) is 1. The molecule has 3 rings (SSSR count). The predicted molar refractivity (Wildman–Crippen MR) is 136 cm³/mol. The van der Waals surface area contributed by atoms with Crippen LogP contribution in [0.4, 0.5) is 5.82 Å². The van der Waals surface area contributed by atoms with Gasteiger partial charge in [0.05, 0.1) is 14.9 Å². The minimum absolute atomic E-state index is 0.190. The molecule has 1 fully saturated rings. The molecule has 3 heterocycles. The first-order valence-corrected chi connectivity index (χ1v) is 17.4. The third kappa shape index (κ3) is 4.39. The molecular weight excluding hydrogens is 470 g/mol. The largest absolute Gasteiger partial charge is 0.521 e. The first kappa shape index (κ1) is 27.0. The molecule has 0 aromatic rings. The summed E-state index contributed by atoms with van der Waals surface area (Å²) < 4.78 is 14.5. The molecule has 12 heteroatoms. The van der Waals surface area contributed by atoms with Crippen molar-refractivity contribution < 1.29 is 24.5 Å². The summed E-state index contributed by atoms with van der Waals surface area (Å²) in [5.41, 5.74) is 8.54. The van der Waals surface area contributed by atoms with Crippen LogP contribution >= 0.6 is 0 Å². The molecule has 0 aromatic carbocycles. The van der Waals surface area contributed by atoms with Gasteiger partial charge in [-0.05, 0) is 11.1 Å². The third-order valence-corrected chi connectivity index (χ3v) is 26.8. The molecule has 10 nitrogen and oxygen atoms in total. The Morgan fingerprint density at radius 3 is 2.12 bits per heavy atom. The van der Waals surface area contributed by atoms with E-state index in [2.05, 4.69) is 65.4 Å². The van der Waals surface area contributed by atoms with Crippen molar-refractivity contribution in [3.63, 3.8) is 0 Å². The van der Waals surface area contributed by atoms with E-state index in [1.165, 1.54) is 10.9 Å². The number of imidazole rings is 1. The number of aromatic nitrogens is 4. The Labute approximate surface area is 204 Å². The highest BCUT2D eigenvalue weighted by Crippen LogP contribution is 2.45. The van der Waals surface area contributed by atoms with E-state index in [1.807, 2.05) is 0 Å². The van der Waals surface area contributed by atoms with Crippen LogP contribution in [0.1, 0.15) is 61.6 Å². The molecule has 4 atom stereocenters. The fourth-order valence-electron chi connectivity index (χ4n) is 6.01. The zero-order valence-electron chi connectivity index (χ0n) is 21.5. The van der Waals surface area contributed by atoms with Crippen molar-refractivity contribution in [2.24, 2.45) is 0 Å². The number of nitrogens with two attached hydrogens (primary N) is 1. The zero-order valence-corrected chi connectivity index (χ0v) is 23.7. The highest BCUT2D eigenvalue weighted by Gasteiger charge is 2.55. The second kappa shape index (κ2) is 10.2. The molecule has 0 unspecified atom stereocenters. The highest BCUT2D eigenvalue weighted by molar-refractivity contribution is 7.32. The summed E-state index contributed by atoms with van der Waals surface area (Å²) in [6.45, 7) is 17.7. The highest BCUT2D eigenvalue weighted by atomic mass is 29.2. The number of hydrogen-bond donors (Lipinski definition) is 4. The summed E-state index contributed by atoms with van der Waals surface area (Å²) in [5.74, 6) is 0.549. The lowest BCUT2D eigenvalue weighted by atomic mass is 10.1. The van der Waals surface area contributed by atoms with E-state index in [0.717, 1.165) is 0 Å². The summed E-state index contributed by atoms with van der Waals surface area (Å²) in [5, 5.41) is 30.9. The number of fused-ring (bicyclic) bond motifs is 1. The number of nitrogen functional groups attached to an aromatic ring is 1. The summed E-state index contributed by atoms with van der Waals surface area (Å²) in [7, 11) is -3.97.